The number of benzene rings is 2. The molecule has 0 aliphatic heterocycles. The highest BCUT2D eigenvalue weighted by Crippen LogP contribution is 2.32. The van der Waals surface area contributed by atoms with Crippen LogP contribution in [0, 0.1) is 6.92 Å². The molecule has 0 bridgehead atoms. The Hall–Kier alpha value is -3.61. The number of hydrogen-bond donors (Lipinski definition) is 2. The fourth-order valence-electron chi connectivity index (χ4n) is 2.45. The van der Waals surface area contributed by atoms with Gasteiger partial charge in [0.2, 0.25) is 5.88 Å². The summed E-state index contributed by atoms with van der Waals surface area (Å²) in [7, 11) is 0. The summed E-state index contributed by atoms with van der Waals surface area (Å²) < 4.78 is 10.9. The molecule has 0 saturated heterocycles. The number of aryl methyl sites for hydroxylation is 1. The van der Waals surface area contributed by atoms with E-state index in [1.54, 1.807) is 13.0 Å². The van der Waals surface area contributed by atoms with E-state index in [0.717, 1.165) is 10.8 Å². The van der Waals surface area contributed by atoms with Crippen LogP contribution in [0.2, 0.25) is 0 Å². The van der Waals surface area contributed by atoms with E-state index in [1.807, 2.05) is 42.5 Å². The summed E-state index contributed by atoms with van der Waals surface area (Å²) >= 11 is 0. The predicted octanol–water partition coefficient (Wildman–Crippen LogP) is 4.04. The highest BCUT2D eigenvalue weighted by Gasteiger charge is 2.12. The van der Waals surface area contributed by atoms with Crippen molar-refractivity contribution in [2.75, 3.05) is 11.1 Å². The van der Waals surface area contributed by atoms with Crippen LogP contribution in [0.15, 0.2) is 59.4 Å². The van der Waals surface area contributed by atoms with Crippen LogP contribution >= 0.6 is 0 Å². The van der Waals surface area contributed by atoms with Gasteiger partial charge in [0.25, 0.3) is 0 Å². The highest BCUT2D eigenvalue weighted by molar-refractivity contribution is 5.84. The van der Waals surface area contributed by atoms with Gasteiger partial charge in [-0.05, 0) is 29.8 Å². The second-order valence-electron chi connectivity index (χ2n) is 5.50. The van der Waals surface area contributed by atoms with Crippen molar-refractivity contribution in [3.8, 4) is 11.6 Å². The van der Waals surface area contributed by atoms with E-state index in [-0.39, 0.29) is 11.6 Å². The first-order valence-corrected chi connectivity index (χ1v) is 7.66. The SMILES string of the molecule is Cc1cc(Nc2ncnc(Oc3ccc4ccccc4c3)c2N)no1. The van der Waals surface area contributed by atoms with Crippen LogP contribution in [0.4, 0.5) is 17.3 Å². The average molecular weight is 333 g/mol. The Morgan fingerprint density at radius 3 is 2.68 bits per heavy atom. The fourth-order valence-corrected chi connectivity index (χ4v) is 2.45. The minimum atomic E-state index is 0.271. The normalized spacial score (nSPS) is 10.8. The molecular formula is C18H15N5O2. The summed E-state index contributed by atoms with van der Waals surface area (Å²) in [5, 5.41) is 9.05. The molecule has 0 radical (unpaired) electrons. The van der Waals surface area contributed by atoms with Gasteiger partial charge < -0.3 is 20.3 Å². The third-order valence-electron chi connectivity index (χ3n) is 3.66. The molecule has 0 fully saturated rings. The van der Waals surface area contributed by atoms with E-state index in [0.29, 0.717) is 23.1 Å². The largest absolute Gasteiger partial charge is 0.437 e. The molecule has 2 aromatic carbocycles. The molecule has 2 aromatic heterocycles. The lowest BCUT2D eigenvalue weighted by Gasteiger charge is -2.10. The van der Waals surface area contributed by atoms with Crippen molar-refractivity contribution in [1.29, 1.82) is 0 Å². The Bertz CT molecular complexity index is 1040. The van der Waals surface area contributed by atoms with E-state index in [9.17, 15) is 0 Å². The summed E-state index contributed by atoms with van der Waals surface area (Å²) in [6, 6.07) is 15.6. The lowest BCUT2D eigenvalue weighted by Crippen LogP contribution is -2.03. The molecular weight excluding hydrogens is 318 g/mol. The van der Waals surface area contributed by atoms with Gasteiger partial charge in [-0.15, -0.1) is 0 Å². The van der Waals surface area contributed by atoms with Crippen LogP contribution in [0.3, 0.4) is 0 Å². The van der Waals surface area contributed by atoms with Crippen LogP contribution in [-0.4, -0.2) is 15.1 Å². The number of fused-ring (bicyclic) bond motifs is 1. The molecule has 4 aromatic rings. The topological polar surface area (TPSA) is 99.1 Å². The van der Waals surface area contributed by atoms with Crippen molar-refractivity contribution in [1.82, 2.24) is 15.1 Å². The van der Waals surface area contributed by atoms with Gasteiger partial charge in [-0.3, -0.25) is 0 Å². The molecule has 124 valence electrons. The molecule has 7 nitrogen and oxygen atoms in total. The van der Waals surface area contributed by atoms with Gasteiger partial charge in [0.15, 0.2) is 11.6 Å². The lowest BCUT2D eigenvalue weighted by molar-refractivity contribution is 0.400. The highest BCUT2D eigenvalue weighted by atomic mass is 16.5. The molecule has 0 amide bonds. The zero-order chi connectivity index (χ0) is 17.2. The minimum absolute atomic E-state index is 0.271. The molecule has 0 unspecified atom stereocenters. The fraction of sp³-hybridized carbons (Fsp3) is 0.0556. The van der Waals surface area contributed by atoms with Crippen molar-refractivity contribution >= 4 is 28.1 Å². The Kier molecular flexibility index (Phi) is 3.66. The first kappa shape index (κ1) is 14.9. The maximum Gasteiger partial charge on any atom is 0.248 e. The van der Waals surface area contributed by atoms with Crippen molar-refractivity contribution in [3.63, 3.8) is 0 Å². The third kappa shape index (κ3) is 3.07. The molecule has 3 N–H and O–H groups in total. The standard InChI is InChI=1S/C18H15N5O2/c1-11-8-15(23-25-11)22-17-16(19)18(21-10-20-17)24-14-7-6-12-4-2-3-5-13(12)9-14/h2-10H,19H2,1H3,(H,20,21,22,23). The van der Waals surface area contributed by atoms with Gasteiger partial charge >= 0.3 is 0 Å². The number of nitrogen functional groups attached to an aromatic ring is 1. The number of hydrogen-bond acceptors (Lipinski definition) is 7. The minimum Gasteiger partial charge on any atom is -0.437 e. The van der Waals surface area contributed by atoms with Crippen molar-refractivity contribution in [2.24, 2.45) is 0 Å². The zero-order valence-corrected chi connectivity index (χ0v) is 13.4. The van der Waals surface area contributed by atoms with Crippen molar-refractivity contribution in [2.45, 2.75) is 6.92 Å². The first-order chi connectivity index (χ1) is 12.2. The van der Waals surface area contributed by atoms with Gasteiger partial charge in [-0.2, -0.15) is 4.98 Å². The van der Waals surface area contributed by atoms with Crippen LogP contribution in [0.1, 0.15) is 5.76 Å². The molecule has 0 saturated carbocycles. The van der Waals surface area contributed by atoms with Gasteiger partial charge in [0.05, 0.1) is 0 Å². The van der Waals surface area contributed by atoms with Crippen molar-refractivity contribution < 1.29 is 9.26 Å². The van der Waals surface area contributed by atoms with Crippen LogP contribution in [0.5, 0.6) is 11.6 Å². The summed E-state index contributed by atoms with van der Waals surface area (Å²) in [4.78, 5) is 8.25. The van der Waals surface area contributed by atoms with Gasteiger partial charge in [-0.25, -0.2) is 4.98 Å². The van der Waals surface area contributed by atoms with E-state index < -0.39 is 0 Å². The number of ether oxygens (including phenoxy) is 1. The van der Waals surface area contributed by atoms with E-state index >= 15 is 0 Å². The Morgan fingerprint density at radius 1 is 1.04 bits per heavy atom. The lowest BCUT2D eigenvalue weighted by atomic mass is 10.1. The number of nitrogens with two attached hydrogens (primary N) is 1. The van der Waals surface area contributed by atoms with E-state index in [4.69, 9.17) is 15.0 Å². The molecule has 0 spiro atoms. The second kappa shape index (κ2) is 6.12. The number of anilines is 3. The van der Waals surface area contributed by atoms with E-state index in [2.05, 4.69) is 20.4 Å². The number of aromatic nitrogens is 3. The monoisotopic (exact) mass is 333 g/mol. The summed E-state index contributed by atoms with van der Waals surface area (Å²) in [5.41, 5.74) is 6.42. The third-order valence-corrected chi connectivity index (χ3v) is 3.66. The van der Waals surface area contributed by atoms with E-state index in [1.165, 1.54) is 6.33 Å². The quantitative estimate of drug-likeness (QED) is 0.581. The van der Waals surface area contributed by atoms with Crippen LogP contribution in [0.25, 0.3) is 10.8 Å². The predicted molar refractivity (Wildman–Crippen MR) is 95.0 cm³/mol. The first-order valence-electron chi connectivity index (χ1n) is 7.66. The molecule has 7 heteroatoms. The molecule has 0 aliphatic rings. The van der Waals surface area contributed by atoms with Crippen molar-refractivity contribution in [3.05, 3.63) is 60.6 Å². The molecule has 4 rings (SSSR count). The Balaban J connectivity index is 1.62. The summed E-state index contributed by atoms with van der Waals surface area (Å²) in [5.74, 6) is 2.52. The summed E-state index contributed by atoms with van der Waals surface area (Å²) in [6.07, 6.45) is 1.38. The molecule has 0 atom stereocenters. The maximum atomic E-state index is 6.13. The molecule has 0 aliphatic carbocycles. The maximum absolute atomic E-state index is 6.13. The smallest absolute Gasteiger partial charge is 0.248 e. The Morgan fingerprint density at radius 2 is 1.88 bits per heavy atom. The number of nitrogens with one attached hydrogen (secondary N) is 1. The molecule has 2 heterocycles. The summed E-state index contributed by atoms with van der Waals surface area (Å²) in [6.45, 7) is 1.80. The van der Waals surface area contributed by atoms with Gasteiger partial charge in [0, 0.05) is 6.07 Å². The second-order valence-corrected chi connectivity index (χ2v) is 5.50. The Labute approximate surface area is 143 Å². The van der Waals surface area contributed by atoms with Crippen LogP contribution < -0.4 is 15.8 Å². The number of rotatable bonds is 4. The van der Waals surface area contributed by atoms with Crippen LogP contribution in [-0.2, 0) is 0 Å². The van der Waals surface area contributed by atoms with Gasteiger partial charge in [0.1, 0.15) is 23.5 Å². The average Bonchev–Trinajstić information content (AvgIpc) is 3.03. The zero-order valence-electron chi connectivity index (χ0n) is 13.4. The van der Waals surface area contributed by atoms with Gasteiger partial charge in [-0.1, -0.05) is 35.5 Å². The number of nitrogens with zero attached hydrogens (tertiary/aromatic N) is 3. The molecule has 25 heavy (non-hydrogen) atoms.